The molecule has 240 valence electrons. The fourth-order valence-corrected chi connectivity index (χ4v) is 7.25. The van der Waals surface area contributed by atoms with Gasteiger partial charge in [0.05, 0.1) is 0 Å². The Morgan fingerprint density at radius 1 is 0.717 bits per heavy atom. The molecule has 46 heavy (non-hydrogen) atoms. The first-order valence-corrected chi connectivity index (χ1v) is 17.4. The Labute approximate surface area is 305 Å². The molecule has 0 N–H and O–H groups in total. The molecule has 0 atom stereocenters. The number of halogens is 2. The predicted octanol–water partition coefficient (Wildman–Crippen LogP) is 5.85. The topological polar surface area (TPSA) is 0 Å². The molecule has 4 aromatic carbocycles. The van der Waals surface area contributed by atoms with Crippen LogP contribution < -0.4 is 24.8 Å². The van der Waals surface area contributed by atoms with Crippen molar-refractivity contribution in [1.29, 1.82) is 0 Å². The second-order valence-electron chi connectivity index (χ2n) is 15.7. The fraction of sp³-hybridized carbons (Fsp3) is 0.349. The standard InChI is InChI=1S/C31H37.C7H6.C5H5.2ClH.Zr/c1-28(2,3)26-16-30(7,8)24-12-18-11-19-13-25-23(15-21(19)20(18)14-22(24)26)27(29(4,5)6)17-31(25,9)10;1-7-5-3-2-4-6-7;1-2-4-5-3-1;;;/h11-17H,1-10H3;1-6H;1-3H,4H2;2*1H;/q-1;;-1;;;+2/p-2. The van der Waals surface area contributed by atoms with Crippen LogP contribution in [0.3, 0.4) is 0 Å². The molecule has 0 aliphatic heterocycles. The van der Waals surface area contributed by atoms with Gasteiger partial charge in [0, 0.05) is 10.8 Å². The van der Waals surface area contributed by atoms with Gasteiger partial charge in [0.15, 0.2) is 0 Å². The van der Waals surface area contributed by atoms with Gasteiger partial charge in [-0.2, -0.15) is 6.08 Å². The van der Waals surface area contributed by atoms with E-state index >= 15 is 0 Å². The van der Waals surface area contributed by atoms with Gasteiger partial charge in [0.1, 0.15) is 0 Å². The van der Waals surface area contributed by atoms with Crippen LogP contribution in [0.15, 0.2) is 91.0 Å². The normalized spacial score (nSPS) is 16.6. The van der Waals surface area contributed by atoms with Gasteiger partial charge in [0.2, 0.25) is 0 Å². The molecular formula is C43H48Cl2Zr-2. The molecule has 0 saturated carbocycles. The Morgan fingerprint density at radius 3 is 1.48 bits per heavy atom. The van der Waals surface area contributed by atoms with Crippen LogP contribution in [0, 0.1) is 16.9 Å². The summed E-state index contributed by atoms with van der Waals surface area (Å²) >= 11 is 1.46. The quantitative estimate of drug-likeness (QED) is 0.216. The van der Waals surface area contributed by atoms with E-state index < -0.39 is 0 Å². The van der Waals surface area contributed by atoms with Crippen molar-refractivity contribution in [2.45, 2.75) is 86.5 Å². The summed E-state index contributed by atoms with van der Waals surface area (Å²) in [7, 11) is 0. The molecular weight excluding hydrogens is 679 g/mol. The van der Waals surface area contributed by atoms with E-state index in [0.29, 0.717) is 0 Å². The van der Waals surface area contributed by atoms with Gasteiger partial charge in [-0.3, -0.25) is 6.08 Å². The summed E-state index contributed by atoms with van der Waals surface area (Å²) in [6.45, 7) is 23.5. The number of fused-ring (bicyclic) bond motifs is 5. The summed E-state index contributed by atoms with van der Waals surface area (Å²) in [5.74, 6) is 0. The van der Waals surface area contributed by atoms with E-state index in [0.717, 1.165) is 6.42 Å². The van der Waals surface area contributed by atoms with Crippen molar-refractivity contribution in [3.05, 3.63) is 125 Å². The van der Waals surface area contributed by atoms with E-state index in [9.17, 15) is 0 Å². The minimum absolute atomic E-state index is 0. The van der Waals surface area contributed by atoms with Gasteiger partial charge in [0.25, 0.3) is 0 Å². The zero-order valence-corrected chi connectivity index (χ0v) is 33.2. The zero-order valence-electron chi connectivity index (χ0n) is 29.2. The maximum atomic E-state index is 2.99. The van der Waals surface area contributed by atoms with Crippen LogP contribution >= 0.6 is 0 Å². The molecule has 0 fully saturated rings. The number of allylic oxidation sites excluding steroid dienone is 8. The molecule has 0 spiro atoms. The van der Waals surface area contributed by atoms with Gasteiger partial charge in [-0.05, 0) is 33.1 Å². The Balaban J connectivity index is 0.000000320. The summed E-state index contributed by atoms with van der Waals surface area (Å²) < 4.78 is 2.17. The van der Waals surface area contributed by atoms with Crippen LogP contribution in [0.4, 0.5) is 0 Å². The van der Waals surface area contributed by atoms with Gasteiger partial charge >= 0.3 is 63.8 Å². The molecule has 0 aromatic heterocycles. The summed E-state index contributed by atoms with van der Waals surface area (Å²) in [4.78, 5) is 0. The van der Waals surface area contributed by atoms with Crippen LogP contribution in [-0.2, 0) is 35.1 Å². The van der Waals surface area contributed by atoms with Crippen molar-refractivity contribution in [3.63, 3.8) is 0 Å². The first-order valence-electron chi connectivity index (χ1n) is 16.0. The number of rotatable bonds is 1. The van der Waals surface area contributed by atoms with E-state index in [1.54, 1.807) is 0 Å². The van der Waals surface area contributed by atoms with Crippen molar-refractivity contribution < 1.29 is 49.0 Å². The first-order chi connectivity index (χ1) is 20.5. The molecule has 3 aliphatic carbocycles. The van der Waals surface area contributed by atoms with Crippen LogP contribution in [0.2, 0.25) is 0 Å². The molecule has 0 saturated heterocycles. The van der Waals surface area contributed by atoms with Crippen molar-refractivity contribution >= 4 is 36.4 Å². The van der Waals surface area contributed by atoms with E-state index in [4.69, 9.17) is 0 Å². The second-order valence-corrected chi connectivity index (χ2v) is 16.4. The van der Waals surface area contributed by atoms with E-state index in [1.807, 2.05) is 18.2 Å². The molecule has 4 aromatic rings. The van der Waals surface area contributed by atoms with Crippen LogP contribution in [0.5, 0.6) is 0 Å². The summed E-state index contributed by atoms with van der Waals surface area (Å²) in [5, 5.41) is 5.58. The Morgan fingerprint density at radius 2 is 1.17 bits per heavy atom. The molecule has 7 rings (SSSR count). The molecule has 3 aliphatic rings. The average Bonchev–Trinajstić information content (AvgIpc) is 3.73. The third kappa shape index (κ3) is 7.75. The zero-order chi connectivity index (χ0) is 32.1. The molecule has 0 heterocycles. The summed E-state index contributed by atoms with van der Waals surface area (Å²) in [6, 6.07) is 22.7. The molecule has 0 unspecified atom stereocenters. The van der Waals surface area contributed by atoms with Crippen molar-refractivity contribution in [2.24, 2.45) is 10.8 Å². The van der Waals surface area contributed by atoms with Crippen molar-refractivity contribution in [3.8, 4) is 0 Å². The number of benzene rings is 3. The van der Waals surface area contributed by atoms with Crippen LogP contribution in [0.1, 0.15) is 103 Å². The third-order valence-corrected chi connectivity index (χ3v) is 9.95. The fourth-order valence-electron chi connectivity index (χ4n) is 6.78. The van der Waals surface area contributed by atoms with Crippen LogP contribution in [0.25, 0.3) is 32.7 Å². The van der Waals surface area contributed by atoms with Gasteiger partial charge in [-0.25, -0.2) is 12.2 Å². The monoisotopic (exact) mass is 724 g/mol. The Bertz CT molecular complexity index is 1730. The third-order valence-electron chi connectivity index (χ3n) is 9.13. The van der Waals surface area contributed by atoms with Gasteiger partial charge in [-0.15, -0.1) is 46.2 Å². The van der Waals surface area contributed by atoms with E-state index in [1.165, 1.54) is 84.7 Å². The van der Waals surface area contributed by atoms with Crippen LogP contribution in [-0.4, -0.2) is 3.71 Å². The Kier molecular flexibility index (Phi) is 11.8. The van der Waals surface area contributed by atoms with Crippen molar-refractivity contribution in [1.82, 2.24) is 0 Å². The first kappa shape index (κ1) is 38.3. The summed E-state index contributed by atoms with van der Waals surface area (Å²) in [5.41, 5.74) is 10.6. The SMILES string of the molecule is CC(C)(C)C1=CC(C)(C)c2cc3[cH-]c4cc5c(cc4c3cc21)C(C(C)(C)C)=CC5(C)C.[C-]1=CC=CC1.[Cl-].[Cl-].[Zr+2]=[CH]c1ccccc1. The number of hydrogen-bond donors (Lipinski definition) is 0. The molecule has 3 heteroatoms. The number of hydrogen-bond acceptors (Lipinski definition) is 0. The van der Waals surface area contributed by atoms with Gasteiger partial charge in [-0.1, -0.05) is 105 Å². The molecule has 0 amide bonds. The molecule has 0 nitrogen and oxygen atoms in total. The van der Waals surface area contributed by atoms with E-state index in [-0.39, 0.29) is 46.5 Å². The molecule has 0 bridgehead atoms. The van der Waals surface area contributed by atoms with Crippen molar-refractivity contribution in [2.75, 3.05) is 0 Å². The second kappa shape index (κ2) is 14.1. The minimum atomic E-state index is 0. The van der Waals surface area contributed by atoms with Gasteiger partial charge < -0.3 is 24.8 Å². The maximum absolute atomic E-state index is 2.99. The summed E-state index contributed by atoms with van der Waals surface area (Å²) in [6.07, 6.45) is 15.0. The predicted molar refractivity (Wildman–Crippen MR) is 191 cm³/mol. The Hall–Kier alpha value is -2.18. The van der Waals surface area contributed by atoms with E-state index in [2.05, 4.69) is 152 Å². The molecule has 0 radical (unpaired) electrons. The average molecular weight is 727 g/mol.